The minimum atomic E-state index is -2.51. The first-order valence-corrected chi connectivity index (χ1v) is 44.8. The molecule has 18 heteroatoms. The van der Waals surface area contributed by atoms with Crippen LogP contribution in [0.5, 0.6) is 0 Å². The lowest BCUT2D eigenvalue weighted by Crippen LogP contribution is -2.42. The molecule has 656 valence electrons. The number of hydrogen-bond acceptors (Lipinski definition) is 18. The molecule has 6 aliphatic rings. The van der Waals surface area contributed by atoms with Gasteiger partial charge in [0.1, 0.15) is 53.2 Å². The number of benzene rings is 11. The Morgan fingerprint density at radius 1 is 0.290 bits per heavy atom. The van der Waals surface area contributed by atoms with Crippen molar-refractivity contribution < 1.29 is 34.1 Å². The number of aryl methyl sites for hydroxylation is 5. The highest BCUT2D eigenvalue weighted by molar-refractivity contribution is 6.15. The van der Waals surface area contributed by atoms with Crippen molar-refractivity contribution in [3.05, 3.63) is 319 Å². The molecule has 1 aliphatic carbocycles. The van der Waals surface area contributed by atoms with Gasteiger partial charge in [0.05, 0.1) is 66.7 Å². The van der Waals surface area contributed by atoms with Crippen molar-refractivity contribution >= 4 is 174 Å². The Hall–Kier alpha value is -14.8. The molecule has 25 rings (SSSR count). The number of aromatic nitrogens is 4. The smallest absolute Gasteiger partial charge is 0.159 e. The van der Waals surface area contributed by atoms with Crippen LogP contribution < -0.4 is 49.0 Å². The zero-order valence-electron chi connectivity index (χ0n) is 88.0. The van der Waals surface area contributed by atoms with Gasteiger partial charge in [-0.3, -0.25) is 0 Å². The summed E-state index contributed by atoms with van der Waals surface area (Å²) in [6, 6.07) is 81.5. The zero-order valence-corrected chi connectivity index (χ0v) is 76.0. The van der Waals surface area contributed by atoms with Gasteiger partial charge in [0, 0.05) is 119 Å². The first-order chi connectivity index (χ1) is 68.1. The number of para-hydroxylation sites is 6. The Morgan fingerprint density at radius 2 is 0.626 bits per heavy atom. The third-order valence-corrected chi connectivity index (χ3v) is 26.7. The van der Waals surface area contributed by atoms with Crippen molar-refractivity contribution in [3.63, 3.8) is 0 Å². The summed E-state index contributed by atoms with van der Waals surface area (Å²) in [7, 11) is 0. The van der Waals surface area contributed by atoms with Gasteiger partial charge in [0.25, 0.3) is 0 Å². The van der Waals surface area contributed by atoms with E-state index >= 15 is 0 Å². The number of furan rings is 4. The molecule has 0 radical (unpaired) electrons. The van der Waals surface area contributed by atoms with E-state index in [1.165, 1.54) is 39.6 Å². The normalized spacial score (nSPS) is 19.1. The molecule has 0 fully saturated rings. The summed E-state index contributed by atoms with van der Waals surface area (Å²) < 4.78 is 124. The fourth-order valence-electron chi connectivity index (χ4n) is 20.9. The summed E-state index contributed by atoms with van der Waals surface area (Å²) in [5.41, 5.74) is 27.2. The van der Waals surface area contributed by atoms with Crippen LogP contribution in [0, 0.1) is 34.6 Å². The average molecular weight is 1740 g/mol. The molecule has 0 N–H and O–H groups in total. The second-order valence-corrected chi connectivity index (χ2v) is 35.1. The van der Waals surface area contributed by atoms with Crippen LogP contribution in [0.1, 0.15) is 131 Å². The fraction of sp³-hybridized carbons (Fsp3) is 0.239. The first-order valence-electron chi connectivity index (χ1n) is 50.8. The maximum absolute atomic E-state index is 8.78. The number of nitrogens with zero attached hydrogens (tertiary/aromatic N) is 14. The van der Waals surface area contributed by atoms with Crippen LogP contribution in [-0.2, 0) is 6.42 Å². The molecule has 11 aromatic carbocycles. The summed E-state index contributed by atoms with van der Waals surface area (Å²) >= 11 is 0. The van der Waals surface area contributed by atoms with Gasteiger partial charge >= 0.3 is 0 Å². The van der Waals surface area contributed by atoms with Crippen molar-refractivity contribution in [2.75, 3.05) is 63.0 Å². The molecule has 131 heavy (non-hydrogen) atoms. The van der Waals surface area contributed by atoms with E-state index in [2.05, 4.69) is 171 Å². The molecule has 0 amide bonds. The largest absolute Gasteiger partial charge is 0.454 e. The zero-order chi connectivity index (χ0) is 101. The molecule has 6 atom stereocenters. The number of rotatable bonds is 8. The molecule has 5 aliphatic heterocycles. The van der Waals surface area contributed by atoms with Crippen molar-refractivity contribution in [2.45, 2.75) is 166 Å². The lowest BCUT2D eigenvalue weighted by atomic mass is 10.00. The second kappa shape index (κ2) is 32.8. The minimum Gasteiger partial charge on any atom is -0.454 e. The van der Waals surface area contributed by atoms with Gasteiger partial charge in [0.15, 0.2) is 45.6 Å². The van der Waals surface area contributed by atoms with Gasteiger partial charge in [-0.05, 0) is 246 Å². The van der Waals surface area contributed by atoms with Crippen LogP contribution in [0.25, 0.3) is 98.9 Å². The van der Waals surface area contributed by atoms with Crippen LogP contribution in [0.4, 0.5) is 85.8 Å². The summed E-state index contributed by atoms with van der Waals surface area (Å²) in [4.78, 5) is 37.7. The topological polar surface area (TPSA) is 137 Å². The lowest BCUT2D eigenvalue weighted by Gasteiger charge is -2.33. The van der Waals surface area contributed by atoms with E-state index in [1.54, 1.807) is 34.5 Å². The Labute approximate surface area is 782 Å². The lowest BCUT2D eigenvalue weighted by molar-refractivity contribution is 0.598. The quantitative estimate of drug-likeness (QED) is 0.143. The Balaban J connectivity index is 0.000000106. The predicted octanol–water partition coefficient (Wildman–Crippen LogP) is 28.7. The van der Waals surface area contributed by atoms with Crippen LogP contribution in [-0.4, -0.2) is 82.8 Å². The highest BCUT2D eigenvalue weighted by Crippen LogP contribution is 2.56. The van der Waals surface area contributed by atoms with Gasteiger partial charge in [-0.1, -0.05) is 170 Å². The van der Waals surface area contributed by atoms with E-state index in [0.717, 1.165) is 185 Å². The van der Waals surface area contributed by atoms with Gasteiger partial charge < -0.3 is 66.7 Å². The van der Waals surface area contributed by atoms with E-state index < -0.39 is 51.2 Å². The molecule has 0 spiro atoms. The van der Waals surface area contributed by atoms with Gasteiger partial charge in [0.2, 0.25) is 0 Å². The molecule has 0 bridgehead atoms. The van der Waals surface area contributed by atoms with E-state index in [4.69, 9.17) is 39.1 Å². The Bertz CT molecular complexity index is 7790. The summed E-state index contributed by atoms with van der Waals surface area (Å²) in [6.07, 6.45) is 6.50. The molecular formula is C113H110N14O4. The number of anilines is 15. The molecule has 6 unspecified atom stereocenters. The van der Waals surface area contributed by atoms with E-state index in [1.807, 2.05) is 230 Å². The number of pyridine rings is 4. The molecular weight excluding hydrogens is 1620 g/mol. The van der Waals surface area contributed by atoms with E-state index in [-0.39, 0.29) is 18.5 Å². The van der Waals surface area contributed by atoms with Crippen molar-refractivity contribution in [1.29, 1.82) is 0 Å². The fourth-order valence-corrected chi connectivity index (χ4v) is 20.9. The molecule has 0 saturated heterocycles. The highest BCUT2D eigenvalue weighted by atomic mass is 16.3. The monoisotopic (exact) mass is 1740 g/mol. The second-order valence-electron chi connectivity index (χ2n) is 35.1. The average Bonchev–Trinajstić information content (AvgIpc) is 1.57. The van der Waals surface area contributed by atoms with Crippen molar-refractivity contribution in [3.8, 4) is 11.1 Å². The highest BCUT2D eigenvalue weighted by Gasteiger charge is 2.44. The van der Waals surface area contributed by atoms with E-state index in [9.17, 15) is 0 Å². The standard InChI is InChI=1S/3C23H23N3O.C23H22N2.C21H19N3O/c1-14(2)25-16(4)26(19-9-7-13-24-23(19)25)21-15(3)11-12-18-17-8-5-6-10-20(17)27-22(18)21;2*1-14(2)25-16(4)26(23-19(25)9-7-13-24-23)21-15(3)11-12-18-17-8-5-6-10-20(17)27-22(18)21;1-15-12-13-19-18-9-5-4-8-17(18)14-20(19)23(15)25-16(2)24(3)21-10-6-7-11-22(21)25;1-13-10-11-16-15-7-4-5-9-18(15)25-20(16)19(13)24-14(2)23(3)21-17(24)8-6-12-22-21/h3*5-14,16H,1-4H3;4-13,16H,14H2,1-3H3;4-12,14H,1-3H3/i14D;1D3,14D;14D;2*3D3. The Morgan fingerprint density at radius 3 is 1.08 bits per heavy atom. The Kier molecular flexibility index (Phi) is 17.6. The van der Waals surface area contributed by atoms with Crippen molar-refractivity contribution in [2.24, 2.45) is 0 Å². The molecule has 0 saturated carbocycles. The molecule has 8 aromatic heterocycles. The van der Waals surface area contributed by atoms with Gasteiger partial charge in [-0.25, -0.2) is 19.9 Å². The van der Waals surface area contributed by atoms with Crippen LogP contribution in [0.15, 0.2) is 297 Å². The van der Waals surface area contributed by atoms with Crippen LogP contribution >= 0.6 is 0 Å². The van der Waals surface area contributed by atoms with E-state index in [0.29, 0.717) is 17.3 Å². The summed E-state index contributed by atoms with van der Waals surface area (Å²) in [5.74, 6) is 2.78. The predicted molar refractivity (Wildman–Crippen MR) is 544 cm³/mol. The maximum atomic E-state index is 8.78. The van der Waals surface area contributed by atoms with Gasteiger partial charge in [-0.15, -0.1) is 0 Å². The summed E-state index contributed by atoms with van der Waals surface area (Å²) in [5, 5.41) is 8.52. The SMILES string of the molecule is [2H]C(C)(C)N1c2cccnc2N(c2c(C)ccc3c2oc2ccccc23)C1C.[2H]C(C)(C)N1c2ncccc2N(c2c(C)ccc3c2oc2ccccc23)C1C.[2H]C([2H])([2H])C([2H])(C)N1c2cccnc2N(c2c(C)ccc3c2oc2ccccc23)C1C.[2H]C([2H])([2H])N1c2ccccc2N(c2c(C)ccc3c2Cc2ccccc2-3)C1C.[2H]C([2H])([2H])N1c2ncccc2N(c2c(C)ccc3c2oc2ccccc23)C1C. The molecule has 18 nitrogen and oxygen atoms in total. The minimum absolute atomic E-state index is 0.0603. The third-order valence-electron chi connectivity index (χ3n) is 26.7. The third kappa shape index (κ3) is 13.4. The van der Waals surface area contributed by atoms with Crippen LogP contribution in [0.3, 0.4) is 0 Å². The maximum Gasteiger partial charge on any atom is 0.159 e. The van der Waals surface area contributed by atoms with Crippen LogP contribution in [0.2, 0.25) is 0 Å². The van der Waals surface area contributed by atoms with Gasteiger partial charge in [-0.2, -0.15) is 0 Å². The molecule has 19 aromatic rings. The molecule has 13 heterocycles. The first kappa shape index (κ1) is 70.2. The summed E-state index contributed by atoms with van der Waals surface area (Å²) in [6.45, 7) is 22.4. The van der Waals surface area contributed by atoms with Crippen molar-refractivity contribution in [1.82, 2.24) is 19.9 Å². The number of hydrogen-bond donors (Lipinski definition) is 0. The number of fused-ring (bicyclic) bond motifs is 20.